The largest absolute Gasteiger partial charge is 0.470 e. The number of benzene rings is 1. The summed E-state index contributed by atoms with van der Waals surface area (Å²) in [5.41, 5.74) is 0.367. The number of rotatable bonds is 8. The van der Waals surface area contributed by atoms with Crippen LogP contribution in [0.2, 0.25) is 5.02 Å². The molecule has 1 aromatic carbocycles. The van der Waals surface area contributed by atoms with Gasteiger partial charge in [-0.25, -0.2) is 4.68 Å². The van der Waals surface area contributed by atoms with E-state index in [0.717, 1.165) is 43.7 Å². The Kier molecular flexibility index (Phi) is 7.51. The predicted octanol–water partition coefficient (Wildman–Crippen LogP) is 2.79. The Balaban J connectivity index is 1.40. The maximum atomic E-state index is 12.2. The van der Waals surface area contributed by atoms with E-state index in [1.807, 2.05) is 6.07 Å². The molecule has 27 heavy (non-hydrogen) atoms. The first kappa shape index (κ1) is 20.1. The predicted molar refractivity (Wildman–Crippen MR) is 106 cm³/mol. The highest BCUT2D eigenvalue weighted by molar-refractivity contribution is 9.10. The minimum atomic E-state index is -0.183. The molecule has 1 saturated heterocycles. The van der Waals surface area contributed by atoms with E-state index in [-0.39, 0.29) is 12.6 Å². The fourth-order valence-corrected chi connectivity index (χ4v) is 3.43. The van der Waals surface area contributed by atoms with E-state index in [4.69, 9.17) is 21.1 Å². The van der Waals surface area contributed by atoms with Gasteiger partial charge >= 0.3 is 0 Å². The van der Waals surface area contributed by atoms with E-state index in [0.29, 0.717) is 23.0 Å². The maximum Gasteiger partial charge on any atom is 0.271 e. The number of amides is 1. The van der Waals surface area contributed by atoms with Crippen molar-refractivity contribution in [3.05, 3.63) is 45.7 Å². The van der Waals surface area contributed by atoms with E-state index in [2.05, 4.69) is 31.2 Å². The van der Waals surface area contributed by atoms with Gasteiger partial charge in [-0.15, -0.1) is 0 Å². The molecule has 1 aliphatic rings. The molecule has 2 heterocycles. The summed E-state index contributed by atoms with van der Waals surface area (Å²) in [6.07, 6.45) is 2.60. The third-order valence-corrected chi connectivity index (χ3v) is 4.95. The van der Waals surface area contributed by atoms with E-state index in [1.165, 1.54) is 0 Å². The quantitative estimate of drug-likeness (QED) is 0.617. The second-order valence-electron chi connectivity index (χ2n) is 6.15. The standard InChI is InChI=1S/C18H22BrClN4O3/c19-14-2-3-17(15(20)12-14)27-13-24-7-4-16(22-24)18(25)21-5-1-6-23-8-10-26-11-9-23/h2-4,7,12H,1,5-6,8-11,13H2,(H,21,25). The number of aromatic nitrogens is 2. The van der Waals surface area contributed by atoms with Crippen molar-refractivity contribution >= 4 is 33.4 Å². The van der Waals surface area contributed by atoms with Crippen LogP contribution in [0.15, 0.2) is 34.9 Å². The Labute approximate surface area is 171 Å². The molecule has 146 valence electrons. The van der Waals surface area contributed by atoms with Crippen LogP contribution in [0.3, 0.4) is 0 Å². The summed E-state index contributed by atoms with van der Waals surface area (Å²) in [7, 11) is 0. The molecule has 0 saturated carbocycles. The summed E-state index contributed by atoms with van der Waals surface area (Å²) in [6, 6.07) is 7.05. The van der Waals surface area contributed by atoms with Crippen molar-refractivity contribution in [1.82, 2.24) is 20.0 Å². The minimum Gasteiger partial charge on any atom is -0.470 e. The van der Waals surface area contributed by atoms with Crippen LogP contribution in [0, 0.1) is 0 Å². The van der Waals surface area contributed by atoms with Crippen LogP contribution < -0.4 is 10.1 Å². The summed E-state index contributed by atoms with van der Waals surface area (Å²) >= 11 is 9.47. The highest BCUT2D eigenvalue weighted by atomic mass is 79.9. The SMILES string of the molecule is O=C(NCCCN1CCOCC1)c1ccn(COc2ccc(Br)cc2Cl)n1. The lowest BCUT2D eigenvalue weighted by atomic mass is 10.3. The first-order chi connectivity index (χ1) is 13.1. The molecule has 3 rings (SSSR count). The summed E-state index contributed by atoms with van der Waals surface area (Å²) in [6.45, 7) is 5.25. The van der Waals surface area contributed by atoms with E-state index in [1.54, 1.807) is 29.1 Å². The van der Waals surface area contributed by atoms with Gasteiger partial charge < -0.3 is 14.8 Å². The molecule has 0 atom stereocenters. The molecular formula is C18H22BrClN4O3. The van der Waals surface area contributed by atoms with Crippen molar-refractivity contribution in [1.29, 1.82) is 0 Å². The Morgan fingerprint density at radius 2 is 2.15 bits per heavy atom. The summed E-state index contributed by atoms with van der Waals surface area (Å²) in [5.74, 6) is 0.377. The molecule has 1 amide bonds. The van der Waals surface area contributed by atoms with Gasteiger partial charge in [-0.2, -0.15) is 5.10 Å². The monoisotopic (exact) mass is 456 g/mol. The van der Waals surface area contributed by atoms with Crippen LogP contribution >= 0.6 is 27.5 Å². The number of hydrogen-bond donors (Lipinski definition) is 1. The number of halogens is 2. The van der Waals surface area contributed by atoms with Crippen LogP contribution in [0.1, 0.15) is 16.9 Å². The number of ether oxygens (including phenoxy) is 2. The van der Waals surface area contributed by atoms with Crippen LogP contribution in [0.25, 0.3) is 0 Å². The number of carbonyl (C=O) groups is 1. The highest BCUT2D eigenvalue weighted by Crippen LogP contribution is 2.27. The minimum absolute atomic E-state index is 0.172. The van der Waals surface area contributed by atoms with Crippen LogP contribution in [0.5, 0.6) is 5.75 Å². The van der Waals surface area contributed by atoms with Crippen LogP contribution in [0.4, 0.5) is 0 Å². The fraction of sp³-hybridized carbons (Fsp3) is 0.444. The summed E-state index contributed by atoms with van der Waals surface area (Å²) in [5, 5.41) is 7.65. The third kappa shape index (κ3) is 6.21. The molecule has 9 heteroatoms. The first-order valence-electron chi connectivity index (χ1n) is 8.81. The zero-order valence-electron chi connectivity index (χ0n) is 14.9. The molecule has 0 radical (unpaired) electrons. The maximum absolute atomic E-state index is 12.2. The number of carbonyl (C=O) groups excluding carboxylic acids is 1. The molecule has 2 aromatic rings. The molecule has 7 nitrogen and oxygen atoms in total. The Bertz CT molecular complexity index is 765. The van der Waals surface area contributed by atoms with Crippen molar-refractivity contribution in [3.63, 3.8) is 0 Å². The van der Waals surface area contributed by atoms with E-state index in [9.17, 15) is 4.79 Å². The van der Waals surface area contributed by atoms with Gasteiger partial charge in [-0.3, -0.25) is 9.69 Å². The van der Waals surface area contributed by atoms with Gasteiger partial charge in [0.25, 0.3) is 5.91 Å². The van der Waals surface area contributed by atoms with Gasteiger partial charge in [-0.1, -0.05) is 27.5 Å². The zero-order chi connectivity index (χ0) is 19.1. The van der Waals surface area contributed by atoms with Crippen LogP contribution in [-0.4, -0.2) is 60.0 Å². The lowest BCUT2D eigenvalue weighted by molar-refractivity contribution is 0.0374. The molecule has 1 aromatic heterocycles. The Morgan fingerprint density at radius 1 is 1.33 bits per heavy atom. The van der Waals surface area contributed by atoms with Crippen LogP contribution in [-0.2, 0) is 11.5 Å². The smallest absolute Gasteiger partial charge is 0.271 e. The zero-order valence-corrected chi connectivity index (χ0v) is 17.2. The Hall–Kier alpha value is -1.61. The van der Waals surface area contributed by atoms with Gasteiger partial charge in [0.15, 0.2) is 6.73 Å². The van der Waals surface area contributed by atoms with Crippen molar-refractivity contribution in [2.75, 3.05) is 39.4 Å². The molecule has 0 spiro atoms. The molecule has 1 aliphatic heterocycles. The lowest BCUT2D eigenvalue weighted by Gasteiger charge is -2.26. The van der Waals surface area contributed by atoms with Gasteiger partial charge in [-0.05, 0) is 37.2 Å². The summed E-state index contributed by atoms with van der Waals surface area (Å²) in [4.78, 5) is 14.5. The Morgan fingerprint density at radius 3 is 2.93 bits per heavy atom. The third-order valence-electron chi connectivity index (χ3n) is 4.16. The van der Waals surface area contributed by atoms with Gasteiger partial charge in [0.05, 0.1) is 18.2 Å². The number of nitrogens with one attached hydrogen (secondary N) is 1. The molecule has 0 unspecified atom stereocenters. The topological polar surface area (TPSA) is 68.6 Å². The van der Waals surface area contributed by atoms with E-state index >= 15 is 0 Å². The molecule has 1 N–H and O–H groups in total. The fourth-order valence-electron chi connectivity index (χ4n) is 2.70. The average Bonchev–Trinajstić information content (AvgIpc) is 3.14. The molecule has 0 bridgehead atoms. The summed E-state index contributed by atoms with van der Waals surface area (Å²) < 4.78 is 13.4. The molecular weight excluding hydrogens is 436 g/mol. The first-order valence-corrected chi connectivity index (χ1v) is 9.98. The highest BCUT2D eigenvalue weighted by Gasteiger charge is 2.12. The second kappa shape index (κ2) is 10.1. The van der Waals surface area contributed by atoms with Gasteiger partial charge in [0.2, 0.25) is 0 Å². The molecule has 1 fully saturated rings. The van der Waals surface area contributed by atoms with Crippen molar-refractivity contribution in [2.24, 2.45) is 0 Å². The molecule has 0 aliphatic carbocycles. The van der Waals surface area contributed by atoms with Crippen molar-refractivity contribution in [2.45, 2.75) is 13.2 Å². The average molecular weight is 458 g/mol. The number of morpholine rings is 1. The van der Waals surface area contributed by atoms with Gasteiger partial charge in [0, 0.05) is 30.3 Å². The number of hydrogen-bond acceptors (Lipinski definition) is 5. The van der Waals surface area contributed by atoms with Crippen molar-refractivity contribution < 1.29 is 14.3 Å². The van der Waals surface area contributed by atoms with Gasteiger partial charge in [0.1, 0.15) is 11.4 Å². The normalized spacial score (nSPS) is 14.9. The lowest BCUT2D eigenvalue weighted by Crippen LogP contribution is -2.38. The van der Waals surface area contributed by atoms with E-state index < -0.39 is 0 Å². The number of nitrogens with zero attached hydrogens (tertiary/aromatic N) is 3. The second-order valence-corrected chi connectivity index (χ2v) is 7.47. The van der Waals surface area contributed by atoms with Crippen molar-refractivity contribution in [3.8, 4) is 5.75 Å².